The number of hydrogen-bond donors (Lipinski definition) is 1. The Bertz CT molecular complexity index is 2240. The summed E-state index contributed by atoms with van der Waals surface area (Å²) < 4.78 is 37.6. The number of aryl methyl sites for hydroxylation is 1. The van der Waals surface area contributed by atoms with Crippen molar-refractivity contribution in [1.29, 1.82) is 0 Å². The fourth-order valence-electron chi connectivity index (χ4n) is 6.24. The van der Waals surface area contributed by atoms with Crippen LogP contribution in [0.15, 0.2) is 84.5 Å². The van der Waals surface area contributed by atoms with Crippen LogP contribution in [0.4, 0.5) is 17.5 Å². The molecule has 3 aromatic heterocycles. The quantitative estimate of drug-likeness (QED) is 0.150. The number of pyridine rings is 1. The molecular weight excluding hydrogens is 711 g/mol. The van der Waals surface area contributed by atoms with Crippen molar-refractivity contribution < 1.29 is 17.9 Å². The lowest BCUT2D eigenvalue weighted by Gasteiger charge is -2.33. The van der Waals surface area contributed by atoms with Gasteiger partial charge in [-0.05, 0) is 72.1 Å². The summed E-state index contributed by atoms with van der Waals surface area (Å²) in [5.41, 5.74) is 7.39. The molecule has 0 spiro atoms. The standard InChI is InChI=1S/C38H41N9O4S2/c1-26-41-37(44-38(42-26)46(23-27-5-10-31(50-2)11-6-27)24-28-7-12-32(51-3)13-8-28)33-19-29(22-45-15-17-47(18-16-45)53(4,48)49)21-39-36(33)43-30-9-14-35-34(20-30)40-25-52-35/h5-14,19-21,25H,15-18,22-24H2,1-4H3,(H,39,43). The molecule has 4 heterocycles. The predicted molar refractivity (Wildman–Crippen MR) is 208 cm³/mol. The van der Waals surface area contributed by atoms with Crippen molar-refractivity contribution in [2.24, 2.45) is 0 Å². The molecule has 0 atom stereocenters. The summed E-state index contributed by atoms with van der Waals surface area (Å²) in [5, 5.41) is 3.50. The molecule has 0 amide bonds. The van der Waals surface area contributed by atoms with E-state index in [2.05, 4.69) is 26.2 Å². The number of rotatable bonds is 13. The second kappa shape index (κ2) is 15.8. The lowest BCUT2D eigenvalue weighted by molar-refractivity contribution is 0.182. The van der Waals surface area contributed by atoms with E-state index in [1.54, 1.807) is 25.6 Å². The largest absolute Gasteiger partial charge is 0.497 e. The Hall–Kier alpha value is -5.22. The van der Waals surface area contributed by atoms with Crippen molar-refractivity contribution in [1.82, 2.24) is 34.1 Å². The minimum atomic E-state index is -3.23. The number of piperazine rings is 1. The molecule has 13 nitrogen and oxygen atoms in total. The summed E-state index contributed by atoms with van der Waals surface area (Å²) in [4.78, 5) is 28.6. The minimum Gasteiger partial charge on any atom is -0.497 e. The van der Waals surface area contributed by atoms with Gasteiger partial charge in [0.15, 0.2) is 5.82 Å². The average Bonchev–Trinajstić information content (AvgIpc) is 3.63. The van der Waals surface area contributed by atoms with Crippen LogP contribution in [0, 0.1) is 6.92 Å². The molecule has 1 aliphatic heterocycles. The molecule has 1 N–H and O–H groups in total. The van der Waals surface area contributed by atoms with E-state index in [0.29, 0.717) is 69.2 Å². The third-order valence-electron chi connectivity index (χ3n) is 9.07. The zero-order valence-electron chi connectivity index (χ0n) is 30.1. The van der Waals surface area contributed by atoms with E-state index in [-0.39, 0.29) is 0 Å². The average molecular weight is 752 g/mol. The van der Waals surface area contributed by atoms with Gasteiger partial charge in [0.1, 0.15) is 23.1 Å². The van der Waals surface area contributed by atoms with Crippen LogP contribution in [-0.4, -0.2) is 89.2 Å². The molecule has 3 aromatic carbocycles. The molecular formula is C38H41N9O4S2. The molecule has 6 aromatic rings. The summed E-state index contributed by atoms with van der Waals surface area (Å²) >= 11 is 1.59. The Morgan fingerprint density at radius 1 is 0.811 bits per heavy atom. The first-order valence-electron chi connectivity index (χ1n) is 17.1. The highest BCUT2D eigenvalue weighted by molar-refractivity contribution is 7.88. The van der Waals surface area contributed by atoms with Crippen LogP contribution < -0.4 is 19.7 Å². The van der Waals surface area contributed by atoms with Gasteiger partial charge in [0.2, 0.25) is 16.0 Å². The number of sulfonamides is 1. The minimum absolute atomic E-state index is 0.450. The number of anilines is 3. The maximum atomic E-state index is 12.1. The van der Waals surface area contributed by atoms with Gasteiger partial charge in [-0.15, -0.1) is 11.3 Å². The summed E-state index contributed by atoms with van der Waals surface area (Å²) in [5.74, 6) is 3.74. The highest BCUT2D eigenvalue weighted by atomic mass is 32.2. The number of nitrogens with one attached hydrogen (secondary N) is 1. The molecule has 1 fully saturated rings. The van der Waals surface area contributed by atoms with Crippen molar-refractivity contribution >= 4 is 49.0 Å². The predicted octanol–water partition coefficient (Wildman–Crippen LogP) is 5.90. The lowest BCUT2D eigenvalue weighted by atomic mass is 10.1. The zero-order chi connectivity index (χ0) is 37.0. The van der Waals surface area contributed by atoms with E-state index in [1.165, 1.54) is 10.6 Å². The molecule has 0 aliphatic carbocycles. The van der Waals surface area contributed by atoms with Crippen molar-refractivity contribution in [3.63, 3.8) is 0 Å². The van der Waals surface area contributed by atoms with Gasteiger partial charge in [0.25, 0.3) is 0 Å². The number of hydrogen-bond acceptors (Lipinski definition) is 13. The fraction of sp³-hybridized carbons (Fsp3) is 0.289. The van der Waals surface area contributed by atoms with Crippen LogP contribution in [0.1, 0.15) is 22.5 Å². The smallest absolute Gasteiger partial charge is 0.229 e. The number of thiazole rings is 1. The first kappa shape index (κ1) is 36.2. The van der Waals surface area contributed by atoms with Gasteiger partial charge in [-0.3, -0.25) is 4.90 Å². The molecule has 0 bridgehead atoms. The lowest BCUT2D eigenvalue weighted by Crippen LogP contribution is -2.47. The molecule has 1 aliphatic rings. The molecule has 0 unspecified atom stereocenters. The molecule has 0 saturated carbocycles. The number of methoxy groups -OCH3 is 2. The van der Waals surface area contributed by atoms with Gasteiger partial charge in [0.05, 0.1) is 41.8 Å². The van der Waals surface area contributed by atoms with E-state index in [1.807, 2.05) is 85.4 Å². The third kappa shape index (κ3) is 8.88. The second-order valence-electron chi connectivity index (χ2n) is 12.9. The normalized spacial score (nSPS) is 14.0. The maximum Gasteiger partial charge on any atom is 0.229 e. The van der Waals surface area contributed by atoms with E-state index >= 15 is 0 Å². The highest BCUT2D eigenvalue weighted by Gasteiger charge is 2.24. The van der Waals surface area contributed by atoms with Gasteiger partial charge in [0, 0.05) is 57.7 Å². The summed E-state index contributed by atoms with van der Waals surface area (Å²) in [6.07, 6.45) is 3.11. The Kier molecular flexibility index (Phi) is 10.8. The van der Waals surface area contributed by atoms with Gasteiger partial charge >= 0.3 is 0 Å². The number of fused-ring (bicyclic) bond motifs is 1. The number of nitrogens with zero attached hydrogens (tertiary/aromatic N) is 8. The van der Waals surface area contributed by atoms with Crippen molar-refractivity contribution in [3.8, 4) is 22.9 Å². The van der Waals surface area contributed by atoms with Crippen molar-refractivity contribution in [2.45, 2.75) is 26.6 Å². The van der Waals surface area contributed by atoms with E-state index in [4.69, 9.17) is 29.4 Å². The van der Waals surface area contributed by atoms with Crippen LogP contribution in [-0.2, 0) is 29.7 Å². The number of ether oxygens (including phenoxy) is 2. The second-order valence-corrected chi connectivity index (χ2v) is 15.8. The van der Waals surface area contributed by atoms with E-state index < -0.39 is 10.0 Å². The monoisotopic (exact) mass is 751 g/mol. The molecule has 274 valence electrons. The van der Waals surface area contributed by atoms with Crippen LogP contribution >= 0.6 is 11.3 Å². The summed E-state index contributed by atoms with van der Waals surface area (Å²) in [6, 6.07) is 24.1. The Labute approximate surface area is 313 Å². The molecule has 1 saturated heterocycles. The summed E-state index contributed by atoms with van der Waals surface area (Å²) in [7, 11) is 0.0847. The highest BCUT2D eigenvalue weighted by Crippen LogP contribution is 2.31. The van der Waals surface area contributed by atoms with Gasteiger partial charge < -0.3 is 19.7 Å². The van der Waals surface area contributed by atoms with Crippen LogP contribution in [0.25, 0.3) is 21.6 Å². The molecule has 53 heavy (non-hydrogen) atoms. The van der Waals surface area contributed by atoms with Gasteiger partial charge in [-0.1, -0.05) is 24.3 Å². The zero-order valence-corrected chi connectivity index (χ0v) is 31.7. The first-order valence-corrected chi connectivity index (χ1v) is 19.9. The Morgan fingerprint density at radius 2 is 1.47 bits per heavy atom. The van der Waals surface area contributed by atoms with Crippen LogP contribution in [0.3, 0.4) is 0 Å². The molecule has 7 rings (SSSR count). The van der Waals surface area contributed by atoms with Crippen LogP contribution in [0.5, 0.6) is 11.5 Å². The molecule has 0 radical (unpaired) electrons. The first-order chi connectivity index (χ1) is 25.6. The SMILES string of the molecule is COc1ccc(CN(Cc2ccc(OC)cc2)c2nc(C)nc(-c3cc(CN4CCN(S(C)(=O)=O)CC4)cnc3Nc3ccc4scnc4c3)n2)cc1. The Morgan fingerprint density at radius 3 is 2.09 bits per heavy atom. The van der Waals surface area contributed by atoms with Crippen molar-refractivity contribution in [3.05, 3.63) is 107 Å². The molecule has 15 heteroatoms. The summed E-state index contributed by atoms with van der Waals surface area (Å²) in [6.45, 7) is 5.69. The van der Waals surface area contributed by atoms with Crippen molar-refractivity contribution in [2.75, 3.05) is 56.9 Å². The Balaban J connectivity index is 1.25. The van der Waals surface area contributed by atoms with Gasteiger partial charge in [-0.25, -0.2) is 23.4 Å². The number of aromatic nitrogens is 5. The maximum absolute atomic E-state index is 12.1. The number of benzene rings is 3. The fourth-order valence-corrected chi connectivity index (χ4v) is 7.73. The van der Waals surface area contributed by atoms with Crippen LogP contribution in [0.2, 0.25) is 0 Å². The van der Waals surface area contributed by atoms with Gasteiger partial charge in [-0.2, -0.15) is 14.3 Å². The third-order valence-corrected chi connectivity index (χ3v) is 11.2. The topological polar surface area (TPSA) is 139 Å². The van der Waals surface area contributed by atoms with E-state index in [0.717, 1.165) is 49.7 Å². The van der Waals surface area contributed by atoms with E-state index in [9.17, 15) is 8.42 Å².